The zero-order valence-corrected chi connectivity index (χ0v) is 29.7. The molecule has 0 radical (unpaired) electrons. The molecule has 4 aliphatic heterocycles. The number of aliphatic hydroxyl groups is 1. The number of carbonyl (C=O) groups excluding carboxylic acids is 2. The average molecular weight is 763 g/mol. The van der Waals surface area contributed by atoms with E-state index in [-0.39, 0.29) is 50.3 Å². The Hall–Kier alpha value is -2.89. The van der Waals surface area contributed by atoms with E-state index >= 15 is 0 Å². The monoisotopic (exact) mass is 762 g/mol. The summed E-state index contributed by atoms with van der Waals surface area (Å²) in [7, 11) is 0. The van der Waals surface area contributed by atoms with Crippen LogP contribution in [0, 0.1) is 0 Å². The van der Waals surface area contributed by atoms with Crippen molar-refractivity contribution >= 4 is 23.6 Å². The Morgan fingerprint density at radius 1 is 0.904 bits per heavy atom. The quantitative estimate of drug-likeness (QED) is 0.257. The van der Waals surface area contributed by atoms with Crippen molar-refractivity contribution in [1.82, 2.24) is 29.4 Å². The van der Waals surface area contributed by atoms with E-state index in [1.807, 2.05) is 4.90 Å². The maximum Gasteiger partial charge on any atom is 0.471 e. The van der Waals surface area contributed by atoms with Gasteiger partial charge in [0.05, 0.1) is 23.9 Å². The molecule has 3 saturated heterocycles. The predicted molar refractivity (Wildman–Crippen MR) is 180 cm³/mol. The van der Waals surface area contributed by atoms with Crippen LogP contribution in [0.1, 0.15) is 61.8 Å². The third-order valence-corrected chi connectivity index (χ3v) is 11.6. The molecule has 2 amide bonds. The van der Waals surface area contributed by atoms with Crippen molar-refractivity contribution in [3.8, 4) is 11.3 Å². The molecule has 0 saturated carbocycles. The number of rotatable bonds is 10. The van der Waals surface area contributed by atoms with Crippen molar-refractivity contribution in [2.24, 2.45) is 0 Å². The Bertz CT molecular complexity index is 1570. The SMILES string of the molecule is O=C(C1CCCN1C(=O)C(F)(F)F)N1CCc2c(c(-c3ccc(C(F)(F)F)c(SCCN4CCC(F)CC4)c3)nn2CC(O)CN2CCCCC2)C1. The molecular weight excluding hydrogens is 717 g/mol. The number of hydrogen-bond acceptors (Lipinski definition) is 7. The van der Waals surface area contributed by atoms with Gasteiger partial charge in [-0.2, -0.15) is 31.4 Å². The van der Waals surface area contributed by atoms with Crippen LogP contribution in [0.15, 0.2) is 23.1 Å². The number of hydrogen-bond donors (Lipinski definition) is 1. The van der Waals surface area contributed by atoms with Gasteiger partial charge in [-0.25, -0.2) is 4.39 Å². The minimum atomic E-state index is -5.12. The number of nitrogens with zero attached hydrogens (tertiary/aromatic N) is 6. The van der Waals surface area contributed by atoms with Gasteiger partial charge in [-0.15, -0.1) is 11.8 Å². The summed E-state index contributed by atoms with van der Waals surface area (Å²) < 4.78 is 98.0. The summed E-state index contributed by atoms with van der Waals surface area (Å²) >= 11 is 1.05. The Morgan fingerprint density at radius 3 is 2.33 bits per heavy atom. The van der Waals surface area contributed by atoms with Crippen LogP contribution in [0.25, 0.3) is 11.3 Å². The molecule has 0 bridgehead atoms. The molecule has 52 heavy (non-hydrogen) atoms. The topological polar surface area (TPSA) is 85.2 Å². The van der Waals surface area contributed by atoms with Gasteiger partial charge in [-0.3, -0.25) is 14.3 Å². The highest BCUT2D eigenvalue weighted by molar-refractivity contribution is 7.99. The van der Waals surface area contributed by atoms with Crippen LogP contribution < -0.4 is 0 Å². The smallest absolute Gasteiger partial charge is 0.390 e. The summed E-state index contributed by atoms with van der Waals surface area (Å²) in [6.07, 6.45) is -6.83. The number of aromatic nitrogens is 2. The number of aliphatic hydroxyl groups excluding tert-OH is 1. The summed E-state index contributed by atoms with van der Waals surface area (Å²) in [5.41, 5.74) is 1.13. The van der Waals surface area contributed by atoms with Gasteiger partial charge >= 0.3 is 18.3 Å². The van der Waals surface area contributed by atoms with Crippen molar-refractivity contribution in [3.63, 3.8) is 0 Å². The Morgan fingerprint density at radius 2 is 1.63 bits per heavy atom. The Labute approximate surface area is 302 Å². The molecule has 2 atom stereocenters. The number of piperidine rings is 2. The molecule has 2 aromatic rings. The lowest BCUT2D eigenvalue weighted by Gasteiger charge is -2.33. The number of fused-ring (bicyclic) bond motifs is 1. The summed E-state index contributed by atoms with van der Waals surface area (Å²) in [6, 6.07) is 2.50. The van der Waals surface area contributed by atoms with Crippen LogP contribution >= 0.6 is 11.8 Å². The van der Waals surface area contributed by atoms with Gasteiger partial charge in [0.2, 0.25) is 5.91 Å². The van der Waals surface area contributed by atoms with E-state index in [2.05, 4.69) is 4.90 Å². The van der Waals surface area contributed by atoms with Gasteiger partial charge in [0.25, 0.3) is 0 Å². The van der Waals surface area contributed by atoms with Gasteiger partial charge in [-0.05, 0) is 63.7 Å². The zero-order chi connectivity index (χ0) is 37.2. The first-order valence-electron chi connectivity index (χ1n) is 18.1. The molecule has 9 nitrogen and oxygen atoms in total. The number of alkyl halides is 7. The van der Waals surface area contributed by atoms with E-state index < -0.39 is 48.0 Å². The second-order valence-electron chi connectivity index (χ2n) is 14.2. The number of likely N-dealkylation sites (tertiary alicyclic amines) is 3. The maximum absolute atomic E-state index is 14.2. The lowest BCUT2D eigenvalue weighted by Crippen LogP contribution is -2.52. The fraction of sp³-hybridized carbons (Fsp3) is 0.686. The molecule has 17 heteroatoms. The van der Waals surface area contributed by atoms with E-state index in [0.717, 1.165) is 50.2 Å². The van der Waals surface area contributed by atoms with Crippen molar-refractivity contribution in [2.45, 2.75) is 100 Å². The highest BCUT2D eigenvalue weighted by Crippen LogP contribution is 2.41. The van der Waals surface area contributed by atoms with Gasteiger partial charge in [-0.1, -0.05) is 12.5 Å². The van der Waals surface area contributed by atoms with Gasteiger partial charge < -0.3 is 24.7 Å². The van der Waals surface area contributed by atoms with Crippen LogP contribution in [0.3, 0.4) is 0 Å². The first-order chi connectivity index (χ1) is 24.7. The number of thioether (sulfide) groups is 1. The van der Waals surface area contributed by atoms with Crippen LogP contribution in [0.5, 0.6) is 0 Å². The van der Waals surface area contributed by atoms with E-state index in [1.54, 1.807) is 4.68 Å². The van der Waals surface area contributed by atoms with Crippen LogP contribution in [0.2, 0.25) is 0 Å². The largest absolute Gasteiger partial charge is 0.471 e. The second-order valence-corrected chi connectivity index (χ2v) is 15.3. The summed E-state index contributed by atoms with van der Waals surface area (Å²) in [5.74, 6) is -2.33. The second kappa shape index (κ2) is 16.2. The molecule has 0 spiro atoms. The Kier molecular flexibility index (Phi) is 12.1. The number of halogens is 7. The average Bonchev–Trinajstić information content (AvgIpc) is 3.73. The molecule has 2 unspecified atom stereocenters. The zero-order valence-electron chi connectivity index (χ0n) is 28.9. The number of β-amino-alcohol motifs (C(OH)–C–C–N with tert-alkyl or cyclic N) is 1. The maximum atomic E-state index is 14.2. The number of benzene rings is 1. The van der Waals surface area contributed by atoms with E-state index in [4.69, 9.17) is 5.10 Å². The molecule has 3 fully saturated rings. The van der Waals surface area contributed by atoms with E-state index in [1.165, 1.54) is 17.0 Å². The van der Waals surface area contributed by atoms with Crippen LogP contribution in [-0.2, 0) is 35.3 Å². The fourth-order valence-corrected chi connectivity index (χ4v) is 8.95. The normalized spacial score (nSPS) is 21.8. The van der Waals surface area contributed by atoms with Crippen molar-refractivity contribution in [1.29, 1.82) is 0 Å². The van der Waals surface area contributed by atoms with E-state index in [0.29, 0.717) is 72.2 Å². The lowest BCUT2D eigenvalue weighted by molar-refractivity contribution is -0.187. The van der Waals surface area contributed by atoms with Crippen molar-refractivity contribution in [2.75, 3.05) is 58.1 Å². The van der Waals surface area contributed by atoms with Crippen LogP contribution in [-0.4, -0.2) is 129 Å². The van der Waals surface area contributed by atoms with Gasteiger partial charge in [0.15, 0.2) is 0 Å². The van der Waals surface area contributed by atoms with Crippen molar-refractivity contribution < 1.29 is 45.4 Å². The fourth-order valence-electron chi connectivity index (χ4n) is 7.83. The Balaban J connectivity index is 1.28. The third-order valence-electron chi connectivity index (χ3n) is 10.5. The molecule has 6 rings (SSSR count). The summed E-state index contributed by atoms with van der Waals surface area (Å²) in [4.78, 5) is 32.1. The lowest BCUT2D eigenvalue weighted by atomic mass is 9.99. The molecule has 1 aromatic heterocycles. The molecule has 4 aliphatic rings. The van der Waals surface area contributed by atoms with Crippen molar-refractivity contribution in [3.05, 3.63) is 35.0 Å². The van der Waals surface area contributed by atoms with Crippen LogP contribution in [0.4, 0.5) is 30.7 Å². The van der Waals surface area contributed by atoms with Gasteiger partial charge in [0, 0.05) is 79.7 Å². The molecule has 0 aliphatic carbocycles. The third kappa shape index (κ3) is 9.07. The number of amides is 2. The first-order valence-corrected chi connectivity index (χ1v) is 19.0. The minimum Gasteiger partial charge on any atom is -0.390 e. The highest BCUT2D eigenvalue weighted by Gasteiger charge is 2.48. The van der Waals surface area contributed by atoms with E-state index in [9.17, 15) is 45.4 Å². The molecular formula is C35H45F7N6O3S. The highest BCUT2D eigenvalue weighted by atomic mass is 32.2. The minimum absolute atomic E-state index is 0.00480. The summed E-state index contributed by atoms with van der Waals surface area (Å²) in [5, 5.41) is 15.9. The number of carbonyl (C=O) groups is 2. The molecule has 1 N–H and O–H groups in total. The molecule has 288 valence electrons. The standard InChI is InChI=1S/C35H45F7N6O3S/c36-24-8-14-44(15-9-24)17-18-52-30-19-23(6-7-27(30)34(37,38)39)31-26-22-46(32(50)29-5-4-13-47(29)33(51)35(40,41)42)16-10-28(26)48(43-31)21-25(49)20-45-11-2-1-3-12-45/h6-7,19,24-25,29,49H,1-5,8-18,20-22H2. The molecule has 5 heterocycles. The van der Waals surface area contributed by atoms with Gasteiger partial charge in [0.1, 0.15) is 12.2 Å². The first kappa shape index (κ1) is 38.8. The molecule has 1 aromatic carbocycles. The summed E-state index contributed by atoms with van der Waals surface area (Å²) in [6.45, 7) is 3.72. The predicted octanol–water partition coefficient (Wildman–Crippen LogP) is 5.38.